The van der Waals surface area contributed by atoms with Gasteiger partial charge in [-0.1, -0.05) is 66.7 Å². The maximum Gasteiger partial charge on any atom is 0.417 e. The van der Waals surface area contributed by atoms with E-state index in [1.54, 1.807) is 43.0 Å². The Hall–Kier alpha value is -7.85. The first-order chi connectivity index (χ1) is 29.0. The summed E-state index contributed by atoms with van der Waals surface area (Å²) in [5.41, 5.74) is -0.868. The molecule has 4 heterocycles. The van der Waals surface area contributed by atoms with Crippen molar-refractivity contribution in [2.75, 3.05) is 0 Å². The van der Waals surface area contributed by atoms with Crippen LogP contribution in [0.15, 0.2) is 152 Å². The van der Waals surface area contributed by atoms with Crippen LogP contribution in [0.2, 0.25) is 0 Å². The number of alkyl halides is 6. The molecule has 0 atom stereocenters. The molecule has 0 aliphatic carbocycles. The third kappa shape index (κ3) is 5.83. The molecule has 0 bridgehead atoms. The minimum atomic E-state index is -5.21. The van der Waals surface area contributed by atoms with Crippen LogP contribution in [0.25, 0.3) is 88.9 Å². The normalized spacial score (nSPS) is 12.2. The molecule has 0 saturated heterocycles. The van der Waals surface area contributed by atoms with Crippen LogP contribution in [0.5, 0.6) is 0 Å². The molecule has 0 aliphatic rings. The fourth-order valence-corrected chi connectivity index (χ4v) is 8.18. The van der Waals surface area contributed by atoms with Crippen LogP contribution in [0.3, 0.4) is 0 Å². The monoisotopic (exact) mass is 801 g/mol. The van der Waals surface area contributed by atoms with Crippen LogP contribution < -0.4 is 0 Å². The highest BCUT2D eigenvalue weighted by Gasteiger charge is 2.42. The van der Waals surface area contributed by atoms with Gasteiger partial charge >= 0.3 is 12.4 Å². The molecule has 7 nitrogen and oxygen atoms in total. The number of para-hydroxylation sites is 2. The van der Waals surface area contributed by atoms with Gasteiger partial charge in [0.05, 0.1) is 56.2 Å². The number of benzene rings is 6. The number of hydrogen-bond donors (Lipinski definition) is 0. The lowest BCUT2D eigenvalue weighted by molar-refractivity contribution is -0.142. The summed E-state index contributed by atoms with van der Waals surface area (Å²) in [6.07, 6.45) is -3.99. The highest BCUT2D eigenvalue weighted by atomic mass is 19.4. The second-order valence-electron chi connectivity index (χ2n) is 14.0. The Labute approximate surface area is 336 Å². The summed E-state index contributed by atoms with van der Waals surface area (Å²) in [6.45, 7) is 0. The average Bonchev–Trinajstić information content (AvgIpc) is 3.77. The molecule has 0 unspecified atom stereocenters. The molecule has 60 heavy (non-hydrogen) atoms. The summed E-state index contributed by atoms with van der Waals surface area (Å²) in [4.78, 5) is 17.7. The summed E-state index contributed by atoms with van der Waals surface area (Å²) in [5, 5.41) is 13.9. The first-order valence-corrected chi connectivity index (χ1v) is 18.5. The largest absolute Gasteiger partial charge is 0.417 e. The molecule has 0 aliphatic heterocycles. The van der Waals surface area contributed by atoms with Crippen LogP contribution in [0.1, 0.15) is 16.7 Å². The van der Waals surface area contributed by atoms with Gasteiger partial charge in [-0.3, -0.25) is 0 Å². The smallest absolute Gasteiger partial charge is 0.307 e. The van der Waals surface area contributed by atoms with Gasteiger partial charge in [0.25, 0.3) is 0 Å². The van der Waals surface area contributed by atoms with E-state index in [1.165, 1.54) is 12.1 Å². The maximum absolute atomic E-state index is 14.9. The van der Waals surface area contributed by atoms with Crippen molar-refractivity contribution in [3.05, 3.63) is 169 Å². The van der Waals surface area contributed by atoms with E-state index >= 15 is 0 Å². The van der Waals surface area contributed by atoms with Crippen LogP contribution in [-0.2, 0) is 12.4 Å². The van der Waals surface area contributed by atoms with Crippen molar-refractivity contribution in [3.8, 4) is 51.3 Å². The molecule has 13 heteroatoms. The van der Waals surface area contributed by atoms with Gasteiger partial charge < -0.3 is 9.13 Å². The molecular formula is C47H25F6N7. The van der Waals surface area contributed by atoms with Gasteiger partial charge in [-0.25, -0.2) is 19.9 Å². The molecule has 0 spiro atoms. The fraction of sp³-hybridized carbons (Fsp3) is 0.0426. The van der Waals surface area contributed by atoms with Gasteiger partial charge in [0.15, 0.2) is 11.6 Å². The highest BCUT2D eigenvalue weighted by Crippen LogP contribution is 2.48. The van der Waals surface area contributed by atoms with Crippen LogP contribution in [0, 0.1) is 11.3 Å². The molecule has 0 saturated carbocycles. The van der Waals surface area contributed by atoms with Crippen molar-refractivity contribution in [2.45, 2.75) is 12.4 Å². The SMILES string of the molecule is N#Cc1cc(-n2c3ccccc3c3ccc(-c4ncccn4)cc32)c(-n2c3ccccc3c3ccc(-c4ncccn4)cc32)cc1-c1c(C(F)(F)F)cccc1C(F)(F)F. The summed E-state index contributed by atoms with van der Waals surface area (Å²) in [7, 11) is 0. The van der Waals surface area contributed by atoms with Crippen molar-refractivity contribution in [1.29, 1.82) is 5.26 Å². The number of aromatic nitrogens is 6. The third-order valence-electron chi connectivity index (χ3n) is 10.7. The lowest BCUT2D eigenvalue weighted by Gasteiger charge is -2.23. The summed E-state index contributed by atoms with van der Waals surface area (Å²) >= 11 is 0. The summed E-state index contributed by atoms with van der Waals surface area (Å²) < 4.78 is 93.0. The van der Waals surface area contributed by atoms with Gasteiger partial charge in [0.1, 0.15) is 0 Å². The van der Waals surface area contributed by atoms with Crippen molar-refractivity contribution in [2.24, 2.45) is 0 Å². The first-order valence-electron chi connectivity index (χ1n) is 18.5. The number of rotatable bonds is 5. The zero-order valence-electron chi connectivity index (χ0n) is 30.8. The minimum absolute atomic E-state index is 0.204. The first kappa shape index (κ1) is 36.5. The molecule has 10 rings (SSSR count). The van der Waals surface area contributed by atoms with E-state index in [0.717, 1.165) is 27.6 Å². The predicted molar refractivity (Wildman–Crippen MR) is 217 cm³/mol. The van der Waals surface area contributed by atoms with E-state index in [1.807, 2.05) is 94.1 Å². The Balaban J connectivity index is 1.41. The number of hydrogen-bond acceptors (Lipinski definition) is 5. The molecule has 4 aromatic heterocycles. The zero-order chi connectivity index (χ0) is 41.3. The van der Waals surface area contributed by atoms with Gasteiger partial charge in [-0.15, -0.1) is 0 Å². The van der Waals surface area contributed by atoms with Crippen molar-refractivity contribution >= 4 is 43.6 Å². The predicted octanol–water partition coefficient (Wildman–Crippen LogP) is 12.4. The van der Waals surface area contributed by atoms with E-state index in [4.69, 9.17) is 0 Å². The summed E-state index contributed by atoms with van der Waals surface area (Å²) in [6, 6.07) is 36.1. The maximum atomic E-state index is 14.9. The minimum Gasteiger partial charge on any atom is -0.307 e. The molecule has 0 N–H and O–H groups in total. The van der Waals surface area contributed by atoms with Crippen LogP contribution in [-0.4, -0.2) is 29.1 Å². The highest BCUT2D eigenvalue weighted by molar-refractivity contribution is 6.12. The Kier molecular flexibility index (Phi) is 8.29. The Morgan fingerprint density at radius 3 is 1.33 bits per heavy atom. The van der Waals surface area contributed by atoms with Gasteiger partial charge in [0.2, 0.25) is 0 Å². The topological polar surface area (TPSA) is 85.2 Å². The van der Waals surface area contributed by atoms with E-state index in [9.17, 15) is 31.6 Å². The molecule has 0 fully saturated rings. The van der Waals surface area contributed by atoms with Crippen molar-refractivity contribution in [3.63, 3.8) is 0 Å². The summed E-state index contributed by atoms with van der Waals surface area (Å²) in [5.74, 6) is 0.843. The molecular weight excluding hydrogens is 777 g/mol. The molecule has 0 amide bonds. The number of nitrogens with zero attached hydrogens (tertiary/aromatic N) is 7. The average molecular weight is 802 g/mol. The number of nitriles is 1. The Morgan fingerprint density at radius 2 is 0.883 bits per heavy atom. The number of fused-ring (bicyclic) bond motifs is 6. The zero-order valence-corrected chi connectivity index (χ0v) is 30.8. The standard InChI is InChI=1S/C47H25F6N7/c48-46(49,50)35-10-5-11-36(47(51,52)53)43(35)34-25-42(60-38-13-4-2-9-31(38)33-17-15-28(23-40(33)60)45-57-20-7-21-58-45)41(24-29(34)26-54)59-37-12-3-1-8-30(37)32-16-14-27(22-39(32)59)44-55-18-6-19-56-44/h1-25H. The van der Waals surface area contributed by atoms with Crippen molar-refractivity contribution < 1.29 is 26.3 Å². The van der Waals surface area contributed by atoms with Gasteiger partial charge in [0, 0.05) is 68.6 Å². The van der Waals surface area contributed by atoms with E-state index in [0.29, 0.717) is 62.7 Å². The van der Waals surface area contributed by atoms with E-state index in [2.05, 4.69) is 19.9 Å². The van der Waals surface area contributed by atoms with Gasteiger partial charge in [-0.05, 0) is 60.7 Å². The van der Waals surface area contributed by atoms with Crippen molar-refractivity contribution in [1.82, 2.24) is 29.1 Å². The molecule has 10 aromatic rings. The lowest BCUT2D eigenvalue weighted by atomic mass is 9.89. The lowest BCUT2D eigenvalue weighted by Crippen LogP contribution is -2.15. The third-order valence-corrected chi connectivity index (χ3v) is 10.7. The van der Waals surface area contributed by atoms with Crippen LogP contribution >= 0.6 is 0 Å². The second-order valence-corrected chi connectivity index (χ2v) is 14.0. The quantitative estimate of drug-likeness (QED) is 0.162. The van der Waals surface area contributed by atoms with E-state index in [-0.39, 0.29) is 5.69 Å². The molecule has 0 radical (unpaired) electrons. The van der Waals surface area contributed by atoms with Crippen LogP contribution in [0.4, 0.5) is 26.3 Å². The fourth-order valence-electron chi connectivity index (χ4n) is 8.18. The van der Waals surface area contributed by atoms with E-state index < -0.39 is 40.2 Å². The number of halogens is 6. The van der Waals surface area contributed by atoms with Gasteiger partial charge in [-0.2, -0.15) is 31.6 Å². The molecule has 6 aromatic carbocycles. The Bertz CT molecular complexity index is 3330. The second kappa shape index (κ2) is 13.6. The Morgan fingerprint density at radius 1 is 0.450 bits per heavy atom. The molecule has 290 valence electrons.